The number of allylic oxidation sites excluding steroid dienone is 2. The number of hydrogen-bond acceptors (Lipinski definition) is 3. The molecular weight excluding hydrogens is 396 g/mol. The first-order chi connectivity index (χ1) is 15.3. The Balaban J connectivity index is 1.30. The smallest absolute Gasteiger partial charge is 0.225 e. The number of benzene rings is 1. The molecule has 1 aliphatic heterocycles. The topological polar surface area (TPSA) is 49.4 Å². The second-order valence-electron chi connectivity index (χ2n) is 11.4. The van der Waals surface area contributed by atoms with E-state index in [4.69, 9.17) is 0 Å². The van der Waals surface area contributed by atoms with Crippen molar-refractivity contribution < 1.29 is 9.59 Å². The van der Waals surface area contributed by atoms with Crippen LogP contribution in [0.5, 0.6) is 0 Å². The van der Waals surface area contributed by atoms with E-state index in [0.717, 1.165) is 45.2 Å². The highest BCUT2D eigenvalue weighted by atomic mass is 16.2. The Kier molecular flexibility index (Phi) is 5.46. The largest absolute Gasteiger partial charge is 0.387 e. The van der Waals surface area contributed by atoms with Crippen LogP contribution in [0.25, 0.3) is 0 Å². The molecule has 1 aromatic carbocycles. The van der Waals surface area contributed by atoms with E-state index < -0.39 is 0 Å². The van der Waals surface area contributed by atoms with Gasteiger partial charge in [0.05, 0.1) is 0 Å². The van der Waals surface area contributed by atoms with Crippen LogP contribution in [-0.2, 0) is 16.0 Å². The summed E-state index contributed by atoms with van der Waals surface area (Å²) in [4.78, 5) is 27.6. The number of carbonyl (C=O) groups is 2. The van der Waals surface area contributed by atoms with Crippen molar-refractivity contribution in [2.45, 2.75) is 58.8 Å². The van der Waals surface area contributed by atoms with E-state index in [9.17, 15) is 9.59 Å². The Morgan fingerprint density at radius 2 is 1.88 bits per heavy atom. The number of ketones is 1. The van der Waals surface area contributed by atoms with Gasteiger partial charge >= 0.3 is 0 Å². The third-order valence-electron chi connectivity index (χ3n) is 9.85. The van der Waals surface area contributed by atoms with Gasteiger partial charge in [0.15, 0.2) is 5.78 Å². The van der Waals surface area contributed by atoms with Crippen molar-refractivity contribution in [1.29, 1.82) is 0 Å². The van der Waals surface area contributed by atoms with Gasteiger partial charge in [-0.25, -0.2) is 0 Å². The zero-order valence-corrected chi connectivity index (χ0v) is 19.9. The average Bonchev–Trinajstić information content (AvgIpc) is 3.15. The minimum Gasteiger partial charge on any atom is -0.387 e. The van der Waals surface area contributed by atoms with Crippen LogP contribution >= 0.6 is 0 Å². The predicted octanol–water partition coefficient (Wildman–Crippen LogP) is 4.60. The molecule has 1 heterocycles. The fraction of sp³-hybridized carbons (Fsp3) is 0.643. The number of carbonyl (C=O) groups excluding carboxylic acids is 2. The molecule has 4 aliphatic rings. The number of nitrogens with zero attached hydrogens (tertiary/aromatic N) is 1. The highest BCUT2D eigenvalue weighted by Crippen LogP contribution is 2.64. The van der Waals surface area contributed by atoms with Crippen LogP contribution in [0.3, 0.4) is 0 Å². The molecular formula is C28H38N2O2. The summed E-state index contributed by atoms with van der Waals surface area (Å²) in [6.45, 7) is 6.54. The molecule has 0 radical (unpaired) electrons. The fourth-order valence-electron chi connectivity index (χ4n) is 7.87. The molecule has 1 unspecified atom stereocenters. The number of amides is 1. The van der Waals surface area contributed by atoms with Crippen molar-refractivity contribution in [3.8, 4) is 0 Å². The number of piperidine rings is 1. The maximum absolute atomic E-state index is 13.6. The van der Waals surface area contributed by atoms with Gasteiger partial charge in [0.1, 0.15) is 0 Å². The summed E-state index contributed by atoms with van der Waals surface area (Å²) in [5.74, 6) is 2.60. The van der Waals surface area contributed by atoms with E-state index in [1.807, 2.05) is 24.1 Å². The van der Waals surface area contributed by atoms with Crippen LogP contribution in [0.2, 0.25) is 0 Å². The molecule has 0 bridgehead atoms. The van der Waals surface area contributed by atoms with Crippen molar-refractivity contribution in [2.75, 3.05) is 20.1 Å². The Labute approximate surface area is 192 Å². The maximum Gasteiger partial charge on any atom is 0.225 e. The molecule has 32 heavy (non-hydrogen) atoms. The molecule has 1 N–H and O–H groups in total. The van der Waals surface area contributed by atoms with Crippen molar-refractivity contribution >= 4 is 11.7 Å². The second kappa shape index (κ2) is 8.04. The zero-order valence-electron chi connectivity index (χ0n) is 19.9. The average molecular weight is 435 g/mol. The molecule has 3 aliphatic carbocycles. The van der Waals surface area contributed by atoms with E-state index >= 15 is 0 Å². The summed E-state index contributed by atoms with van der Waals surface area (Å²) in [7, 11) is 1.99. The fourth-order valence-corrected chi connectivity index (χ4v) is 7.87. The van der Waals surface area contributed by atoms with Gasteiger partial charge in [-0.2, -0.15) is 0 Å². The first-order valence-corrected chi connectivity index (χ1v) is 12.6. The molecule has 4 heteroatoms. The van der Waals surface area contributed by atoms with Crippen molar-refractivity contribution in [1.82, 2.24) is 10.2 Å². The summed E-state index contributed by atoms with van der Waals surface area (Å²) in [6.07, 6.45) is 8.96. The van der Waals surface area contributed by atoms with E-state index in [1.54, 1.807) is 0 Å². The van der Waals surface area contributed by atoms with Gasteiger partial charge in [0.25, 0.3) is 0 Å². The quantitative estimate of drug-likeness (QED) is 0.753. The van der Waals surface area contributed by atoms with Gasteiger partial charge in [0, 0.05) is 49.7 Å². The summed E-state index contributed by atoms with van der Waals surface area (Å²) >= 11 is 0. The van der Waals surface area contributed by atoms with Crippen LogP contribution < -0.4 is 5.32 Å². The molecule has 6 atom stereocenters. The first-order valence-electron chi connectivity index (χ1n) is 12.6. The molecule has 1 amide bonds. The summed E-state index contributed by atoms with van der Waals surface area (Å²) in [6, 6.07) is 10.5. The monoisotopic (exact) mass is 434 g/mol. The molecule has 4 nitrogen and oxygen atoms in total. The lowest BCUT2D eigenvalue weighted by molar-refractivity contribution is -0.141. The number of nitrogens with one attached hydrogen (secondary N) is 1. The molecule has 1 aromatic rings. The summed E-state index contributed by atoms with van der Waals surface area (Å²) < 4.78 is 0. The molecule has 5 rings (SSSR count). The standard InChI is InChI=1S/C28H38N2O2/c1-27-15-12-23-21(18-29-25-17-20(31)11-14-28(23,25)2)22(27)9-10-24(27)26(32)30(3)16-13-19-7-5-4-6-8-19/h4-8,17,21-24,29H,9-16,18H2,1-3H3/t21-,22-,23+,24?,27-,28+/m0/s1. The van der Waals surface area contributed by atoms with Crippen LogP contribution in [0.15, 0.2) is 42.1 Å². The van der Waals surface area contributed by atoms with Crippen LogP contribution in [-0.4, -0.2) is 36.7 Å². The van der Waals surface area contributed by atoms with Gasteiger partial charge in [0.2, 0.25) is 5.91 Å². The molecule has 3 fully saturated rings. The molecule has 2 saturated carbocycles. The van der Waals surface area contributed by atoms with Gasteiger partial charge in [-0.1, -0.05) is 44.2 Å². The Morgan fingerprint density at radius 3 is 2.66 bits per heavy atom. The highest BCUT2D eigenvalue weighted by Gasteiger charge is 2.60. The number of likely N-dealkylation sites (N-methyl/N-ethyl adjacent to an activating group) is 1. The number of hydrogen-bond donors (Lipinski definition) is 1. The Bertz CT molecular complexity index is 925. The van der Waals surface area contributed by atoms with Gasteiger partial charge < -0.3 is 10.2 Å². The van der Waals surface area contributed by atoms with E-state index in [0.29, 0.717) is 30.1 Å². The lowest BCUT2D eigenvalue weighted by atomic mass is 9.50. The zero-order chi connectivity index (χ0) is 22.5. The number of rotatable bonds is 4. The minimum atomic E-state index is 0.100. The molecule has 0 aromatic heterocycles. The van der Waals surface area contributed by atoms with Crippen LogP contribution in [0, 0.1) is 34.5 Å². The van der Waals surface area contributed by atoms with Gasteiger partial charge in [-0.3, -0.25) is 9.59 Å². The van der Waals surface area contributed by atoms with Crippen molar-refractivity contribution in [2.24, 2.45) is 34.5 Å². The van der Waals surface area contributed by atoms with E-state index in [1.165, 1.54) is 17.7 Å². The van der Waals surface area contributed by atoms with E-state index in [-0.39, 0.29) is 22.5 Å². The normalized spacial score (nSPS) is 38.1. The molecule has 0 spiro atoms. The maximum atomic E-state index is 13.6. The van der Waals surface area contributed by atoms with Crippen molar-refractivity contribution in [3.05, 3.63) is 47.7 Å². The Hall–Kier alpha value is -2.10. The summed E-state index contributed by atoms with van der Waals surface area (Å²) in [5.41, 5.74) is 2.68. The van der Waals surface area contributed by atoms with Crippen LogP contribution in [0.4, 0.5) is 0 Å². The molecule has 1 saturated heterocycles. The van der Waals surface area contributed by atoms with E-state index in [2.05, 4.69) is 43.4 Å². The van der Waals surface area contributed by atoms with Gasteiger partial charge in [-0.05, 0) is 67.3 Å². The Morgan fingerprint density at radius 1 is 1.09 bits per heavy atom. The second-order valence-corrected chi connectivity index (χ2v) is 11.4. The predicted molar refractivity (Wildman–Crippen MR) is 127 cm³/mol. The van der Waals surface area contributed by atoms with Crippen LogP contribution in [0.1, 0.15) is 57.9 Å². The molecule has 172 valence electrons. The minimum absolute atomic E-state index is 0.100. The lowest BCUT2D eigenvalue weighted by Crippen LogP contribution is -2.57. The third kappa shape index (κ3) is 3.41. The first kappa shape index (κ1) is 21.7. The summed E-state index contributed by atoms with van der Waals surface area (Å²) in [5, 5.41) is 3.67. The van der Waals surface area contributed by atoms with Crippen molar-refractivity contribution in [3.63, 3.8) is 0 Å². The highest BCUT2D eigenvalue weighted by molar-refractivity contribution is 5.91. The van der Waals surface area contributed by atoms with Gasteiger partial charge in [-0.15, -0.1) is 0 Å². The lowest BCUT2D eigenvalue weighted by Gasteiger charge is -2.58. The third-order valence-corrected chi connectivity index (χ3v) is 9.85. The number of fused-ring (bicyclic) bond motifs is 5. The SMILES string of the molecule is CN(CCc1ccccc1)C(=O)C1CC[C@H]2[C@@H]3CNC4=CC(=O)CC[C@]4(C)[C@@H]3CC[C@]12C.